The van der Waals surface area contributed by atoms with Crippen LogP contribution in [-0.2, 0) is 6.54 Å². The Morgan fingerprint density at radius 3 is 2.88 bits per heavy atom. The highest BCUT2D eigenvalue weighted by Gasteiger charge is 2.20. The lowest BCUT2D eigenvalue weighted by molar-refractivity contribution is 0.0761. The smallest absolute Gasteiger partial charge is 0.253 e. The second-order valence-electron chi connectivity index (χ2n) is 6.70. The van der Waals surface area contributed by atoms with Gasteiger partial charge in [0, 0.05) is 62.3 Å². The van der Waals surface area contributed by atoms with E-state index in [9.17, 15) is 4.79 Å². The van der Waals surface area contributed by atoms with E-state index in [2.05, 4.69) is 19.4 Å². The number of carbonyl (C=O) groups is 1. The zero-order valence-corrected chi connectivity index (χ0v) is 14.8. The van der Waals surface area contributed by atoms with Gasteiger partial charge in [0.15, 0.2) is 0 Å². The van der Waals surface area contributed by atoms with Gasteiger partial charge in [-0.05, 0) is 37.2 Å². The standard InChI is InChI=1S/C20H23N5O/c26-20(18-4-5-19-17(15-18)3-1-6-22-19)25-9-2-8-23(13-14-25)11-12-24-10-7-21-16-24/h1,3-7,10,15-16H,2,8-9,11-14H2. The van der Waals surface area contributed by atoms with Crippen molar-refractivity contribution in [1.29, 1.82) is 0 Å². The fourth-order valence-electron chi connectivity index (χ4n) is 3.46. The first-order valence-electron chi connectivity index (χ1n) is 9.12. The number of hydrogen-bond donors (Lipinski definition) is 0. The Morgan fingerprint density at radius 2 is 2.00 bits per heavy atom. The molecule has 1 aliphatic heterocycles. The van der Waals surface area contributed by atoms with Crippen molar-refractivity contribution in [2.45, 2.75) is 13.0 Å². The summed E-state index contributed by atoms with van der Waals surface area (Å²) in [5, 5.41) is 1.01. The Hall–Kier alpha value is -2.73. The molecule has 6 nitrogen and oxygen atoms in total. The lowest BCUT2D eigenvalue weighted by atomic mass is 10.1. The van der Waals surface area contributed by atoms with Gasteiger partial charge in [0.25, 0.3) is 5.91 Å². The third-order valence-electron chi connectivity index (χ3n) is 4.96. The van der Waals surface area contributed by atoms with Crippen molar-refractivity contribution in [1.82, 2.24) is 24.3 Å². The van der Waals surface area contributed by atoms with E-state index in [1.54, 1.807) is 6.20 Å². The van der Waals surface area contributed by atoms with Gasteiger partial charge in [-0.3, -0.25) is 14.7 Å². The number of pyridine rings is 1. The molecule has 1 fully saturated rings. The Labute approximate surface area is 153 Å². The SMILES string of the molecule is O=C(c1ccc2ncccc2c1)N1CCCN(CCn2ccnc2)CC1. The minimum absolute atomic E-state index is 0.118. The van der Waals surface area contributed by atoms with Gasteiger partial charge in [0.2, 0.25) is 0 Å². The molecule has 0 saturated carbocycles. The van der Waals surface area contributed by atoms with E-state index < -0.39 is 0 Å². The molecule has 1 amide bonds. The Kier molecular flexibility index (Phi) is 4.93. The summed E-state index contributed by atoms with van der Waals surface area (Å²) in [4.78, 5) is 25.7. The summed E-state index contributed by atoms with van der Waals surface area (Å²) in [5.74, 6) is 0.118. The Balaban J connectivity index is 1.38. The average Bonchev–Trinajstić information content (AvgIpc) is 3.09. The molecule has 0 N–H and O–H groups in total. The second-order valence-corrected chi connectivity index (χ2v) is 6.70. The maximum atomic E-state index is 12.9. The van der Waals surface area contributed by atoms with E-state index in [0.29, 0.717) is 0 Å². The number of hydrogen-bond acceptors (Lipinski definition) is 4. The van der Waals surface area contributed by atoms with Crippen LogP contribution in [0.25, 0.3) is 10.9 Å². The molecular formula is C20H23N5O. The number of benzene rings is 1. The highest BCUT2D eigenvalue weighted by atomic mass is 16.2. The van der Waals surface area contributed by atoms with Gasteiger partial charge in [-0.2, -0.15) is 0 Å². The molecule has 0 radical (unpaired) electrons. The van der Waals surface area contributed by atoms with Crippen LogP contribution >= 0.6 is 0 Å². The lowest BCUT2D eigenvalue weighted by Gasteiger charge is -2.22. The number of amides is 1. The summed E-state index contributed by atoms with van der Waals surface area (Å²) in [6.07, 6.45) is 8.42. The zero-order chi connectivity index (χ0) is 17.8. The van der Waals surface area contributed by atoms with Crippen molar-refractivity contribution in [3.8, 4) is 0 Å². The molecule has 134 valence electrons. The molecule has 26 heavy (non-hydrogen) atoms. The molecule has 2 aromatic heterocycles. The van der Waals surface area contributed by atoms with Crippen LogP contribution in [0.4, 0.5) is 0 Å². The molecule has 0 unspecified atom stereocenters. The molecule has 0 atom stereocenters. The van der Waals surface area contributed by atoms with Gasteiger partial charge in [0.1, 0.15) is 0 Å². The van der Waals surface area contributed by atoms with Crippen molar-refractivity contribution in [2.75, 3.05) is 32.7 Å². The van der Waals surface area contributed by atoms with Gasteiger partial charge >= 0.3 is 0 Å². The third kappa shape index (κ3) is 3.75. The Bertz CT molecular complexity index is 877. The van der Waals surface area contributed by atoms with Crippen molar-refractivity contribution >= 4 is 16.8 Å². The summed E-state index contributed by atoms with van der Waals surface area (Å²) in [5.41, 5.74) is 1.67. The zero-order valence-electron chi connectivity index (χ0n) is 14.8. The second kappa shape index (κ2) is 7.66. The molecule has 1 saturated heterocycles. The van der Waals surface area contributed by atoms with Crippen molar-refractivity contribution in [2.24, 2.45) is 0 Å². The predicted molar refractivity (Wildman–Crippen MR) is 101 cm³/mol. The summed E-state index contributed by atoms with van der Waals surface area (Å²) >= 11 is 0. The van der Waals surface area contributed by atoms with Gasteiger partial charge in [-0.1, -0.05) is 6.07 Å². The quantitative estimate of drug-likeness (QED) is 0.725. The molecule has 6 heteroatoms. The number of rotatable bonds is 4. The van der Waals surface area contributed by atoms with E-state index in [0.717, 1.165) is 62.2 Å². The van der Waals surface area contributed by atoms with E-state index in [1.165, 1.54) is 0 Å². The van der Waals surface area contributed by atoms with Crippen molar-refractivity contribution < 1.29 is 4.79 Å². The summed E-state index contributed by atoms with van der Waals surface area (Å²) in [6, 6.07) is 9.67. The summed E-state index contributed by atoms with van der Waals surface area (Å²) in [7, 11) is 0. The number of nitrogens with zero attached hydrogens (tertiary/aromatic N) is 5. The highest BCUT2D eigenvalue weighted by molar-refractivity contribution is 5.97. The van der Waals surface area contributed by atoms with E-state index in [1.807, 2.05) is 54.0 Å². The van der Waals surface area contributed by atoms with Crippen LogP contribution in [0, 0.1) is 0 Å². The molecule has 1 aliphatic rings. The fraction of sp³-hybridized carbons (Fsp3) is 0.350. The van der Waals surface area contributed by atoms with Crippen LogP contribution in [-0.4, -0.2) is 63.0 Å². The molecule has 4 rings (SSSR count). The number of aromatic nitrogens is 3. The monoisotopic (exact) mass is 349 g/mol. The van der Waals surface area contributed by atoms with Crippen LogP contribution in [0.15, 0.2) is 55.2 Å². The minimum Gasteiger partial charge on any atom is -0.337 e. The van der Waals surface area contributed by atoms with E-state index in [-0.39, 0.29) is 5.91 Å². The maximum absolute atomic E-state index is 12.9. The molecule has 3 aromatic rings. The van der Waals surface area contributed by atoms with Gasteiger partial charge < -0.3 is 9.47 Å². The first kappa shape index (κ1) is 16.7. The first-order valence-corrected chi connectivity index (χ1v) is 9.12. The summed E-state index contributed by atoms with van der Waals surface area (Å²) < 4.78 is 2.09. The fourth-order valence-corrected chi connectivity index (χ4v) is 3.46. The lowest BCUT2D eigenvalue weighted by Crippen LogP contribution is -2.36. The van der Waals surface area contributed by atoms with Gasteiger partial charge in [-0.25, -0.2) is 4.98 Å². The van der Waals surface area contributed by atoms with Gasteiger partial charge in [0.05, 0.1) is 11.8 Å². The predicted octanol–water partition coefficient (Wildman–Crippen LogP) is 2.28. The normalized spacial score (nSPS) is 15.9. The molecule has 0 aliphatic carbocycles. The molecule has 1 aromatic carbocycles. The van der Waals surface area contributed by atoms with E-state index >= 15 is 0 Å². The maximum Gasteiger partial charge on any atom is 0.253 e. The average molecular weight is 349 g/mol. The van der Waals surface area contributed by atoms with Crippen molar-refractivity contribution in [3.05, 3.63) is 60.8 Å². The van der Waals surface area contributed by atoms with Crippen LogP contribution in [0.1, 0.15) is 16.8 Å². The van der Waals surface area contributed by atoms with Crippen LogP contribution in [0.5, 0.6) is 0 Å². The third-order valence-corrected chi connectivity index (χ3v) is 4.96. The van der Waals surface area contributed by atoms with E-state index in [4.69, 9.17) is 0 Å². The van der Waals surface area contributed by atoms with Gasteiger partial charge in [-0.15, -0.1) is 0 Å². The number of fused-ring (bicyclic) bond motifs is 1. The van der Waals surface area contributed by atoms with Crippen molar-refractivity contribution in [3.63, 3.8) is 0 Å². The Morgan fingerprint density at radius 1 is 1.04 bits per heavy atom. The minimum atomic E-state index is 0.118. The molecular weight excluding hydrogens is 326 g/mol. The van der Waals surface area contributed by atoms with Crippen LogP contribution in [0.3, 0.4) is 0 Å². The summed E-state index contributed by atoms with van der Waals surface area (Å²) in [6.45, 7) is 5.45. The highest BCUT2D eigenvalue weighted by Crippen LogP contribution is 2.16. The first-order chi connectivity index (χ1) is 12.8. The van der Waals surface area contributed by atoms with Crippen LogP contribution < -0.4 is 0 Å². The molecule has 0 spiro atoms. The molecule has 3 heterocycles. The number of carbonyl (C=O) groups excluding carboxylic acids is 1. The number of imidazole rings is 1. The largest absolute Gasteiger partial charge is 0.337 e. The molecule has 0 bridgehead atoms. The van der Waals surface area contributed by atoms with Crippen LogP contribution in [0.2, 0.25) is 0 Å². The topological polar surface area (TPSA) is 54.3 Å².